The zero-order chi connectivity index (χ0) is 11.1. The molecule has 2 heterocycles. The molecule has 0 saturated heterocycles. The first-order chi connectivity index (χ1) is 7.78. The monoisotopic (exact) mass is 233 g/mol. The molecule has 0 radical (unpaired) electrons. The van der Waals surface area contributed by atoms with Gasteiger partial charge in [-0.3, -0.25) is 0 Å². The van der Waals surface area contributed by atoms with Gasteiger partial charge < -0.3 is 10.2 Å². The summed E-state index contributed by atoms with van der Waals surface area (Å²) in [6.45, 7) is 7.00. The van der Waals surface area contributed by atoms with Gasteiger partial charge in [0.15, 0.2) is 5.15 Å². The smallest absolute Gasteiger partial charge is 0.275 e. The maximum Gasteiger partial charge on any atom is 0.275 e. The Balaban J connectivity index is 2.18. The van der Waals surface area contributed by atoms with E-state index >= 15 is 0 Å². The van der Waals surface area contributed by atoms with Gasteiger partial charge in [-0.2, -0.15) is 0 Å². The Morgan fingerprint density at radius 2 is 2.38 bits per heavy atom. The Morgan fingerprint density at radius 3 is 3.06 bits per heavy atom. The number of aromatic nitrogens is 3. The number of imidazole rings is 1. The lowest BCUT2D eigenvalue weighted by atomic mass is 10.4. The summed E-state index contributed by atoms with van der Waals surface area (Å²) >= 11 is 5.91. The molecule has 6 heteroatoms. The van der Waals surface area contributed by atoms with Crippen LogP contribution in [0, 0.1) is 6.57 Å². The van der Waals surface area contributed by atoms with Crippen LogP contribution in [0.1, 0.15) is 12.8 Å². The van der Waals surface area contributed by atoms with Gasteiger partial charge in [0.2, 0.25) is 0 Å². The molecule has 0 spiro atoms. The van der Waals surface area contributed by atoms with Crippen LogP contribution in [0.15, 0.2) is 12.3 Å². The maximum absolute atomic E-state index is 7.00. The van der Waals surface area contributed by atoms with Crippen molar-refractivity contribution in [1.82, 2.24) is 14.6 Å². The standard InChI is InChI=1S/C10H8ClN5/c1-12-9-5-13-10-7(14-6-2-3-6)4-8(11)15-16(9)10/h4-6,14H,2-3H2. The van der Waals surface area contributed by atoms with E-state index in [1.54, 1.807) is 6.07 Å². The normalized spacial score (nSPS) is 15.0. The van der Waals surface area contributed by atoms with E-state index in [9.17, 15) is 0 Å². The van der Waals surface area contributed by atoms with E-state index in [1.165, 1.54) is 23.6 Å². The highest BCUT2D eigenvalue weighted by Gasteiger charge is 2.23. The second kappa shape index (κ2) is 3.35. The second-order valence-electron chi connectivity index (χ2n) is 3.76. The number of fused-ring (bicyclic) bond motifs is 1. The molecule has 0 atom stereocenters. The summed E-state index contributed by atoms with van der Waals surface area (Å²) in [6.07, 6.45) is 3.84. The highest BCUT2D eigenvalue weighted by molar-refractivity contribution is 6.29. The van der Waals surface area contributed by atoms with Gasteiger partial charge in [0, 0.05) is 12.1 Å². The van der Waals surface area contributed by atoms with Gasteiger partial charge in [0.1, 0.15) is 5.69 Å². The lowest BCUT2D eigenvalue weighted by Gasteiger charge is -2.03. The summed E-state index contributed by atoms with van der Waals surface area (Å²) in [5.74, 6) is 0.372. The van der Waals surface area contributed by atoms with Crippen molar-refractivity contribution in [2.75, 3.05) is 5.32 Å². The number of anilines is 1. The van der Waals surface area contributed by atoms with Gasteiger partial charge in [0.25, 0.3) is 11.5 Å². The summed E-state index contributed by atoms with van der Waals surface area (Å²) in [4.78, 5) is 7.51. The van der Waals surface area contributed by atoms with Gasteiger partial charge >= 0.3 is 0 Å². The van der Waals surface area contributed by atoms with E-state index in [-0.39, 0.29) is 0 Å². The van der Waals surface area contributed by atoms with E-state index in [2.05, 4.69) is 20.2 Å². The molecule has 2 aromatic heterocycles. The maximum atomic E-state index is 7.00. The fourth-order valence-corrected chi connectivity index (χ4v) is 1.74. The van der Waals surface area contributed by atoms with Crippen LogP contribution in [0.4, 0.5) is 11.5 Å². The Labute approximate surface area is 96.9 Å². The predicted molar refractivity (Wildman–Crippen MR) is 60.9 cm³/mol. The summed E-state index contributed by atoms with van der Waals surface area (Å²) in [7, 11) is 0. The Kier molecular flexibility index (Phi) is 1.98. The molecule has 0 aromatic carbocycles. The van der Waals surface area contributed by atoms with Crippen molar-refractivity contribution in [3.8, 4) is 0 Å². The third kappa shape index (κ3) is 1.48. The minimum atomic E-state index is 0.360. The summed E-state index contributed by atoms with van der Waals surface area (Å²) in [5.41, 5.74) is 1.50. The molecule has 16 heavy (non-hydrogen) atoms. The average Bonchev–Trinajstić information content (AvgIpc) is 2.96. The minimum Gasteiger partial charge on any atom is -0.377 e. The zero-order valence-electron chi connectivity index (χ0n) is 8.31. The van der Waals surface area contributed by atoms with Crippen LogP contribution < -0.4 is 5.32 Å². The van der Waals surface area contributed by atoms with Crippen molar-refractivity contribution in [2.45, 2.75) is 18.9 Å². The van der Waals surface area contributed by atoms with Crippen LogP contribution in [0.5, 0.6) is 0 Å². The van der Waals surface area contributed by atoms with Gasteiger partial charge in [-0.05, 0) is 12.8 Å². The second-order valence-corrected chi connectivity index (χ2v) is 4.15. The largest absolute Gasteiger partial charge is 0.377 e. The third-order valence-electron chi connectivity index (χ3n) is 2.47. The molecule has 0 aliphatic heterocycles. The van der Waals surface area contributed by atoms with Gasteiger partial charge in [-0.1, -0.05) is 23.3 Å². The highest BCUT2D eigenvalue weighted by atomic mass is 35.5. The Bertz CT molecular complexity index is 593. The molecule has 1 fully saturated rings. The molecule has 0 bridgehead atoms. The molecule has 1 N–H and O–H groups in total. The molecule has 1 aliphatic rings. The zero-order valence-corrected chi connectivity index (χ0v) is 9.07. The molecule has 1 saturated carbocycles. The lowest BCUT2D eigenvalue weighted by molar-refractivity contribution is 0.947. The summed E-state index contributed by atoms with van der Waals surface area (Å²) in [6, 6.07) is 2.26. The summed E-state index contributed by atoms with van der Waals surface area (Å²) < 4.78 is 1.47. The van der Waals surface area contributed by atoms with Gasteiger partial charge in [-0.25, -0.2) is 4.98 Å². The molecule has 0 amide bonds. The minimum absolute atomic E-state index is 0.360. The SMILES string of the molecule is [C-]#[N+]c1cnc2c(NC3CC3)cc(Cl)nn12. The van der Waals surface area contributed by atoms with Crippen LogP contribution in [0.2, 0.25) is 5.15 Å². The van der Waals surface area contributed by atoms with E-state index in [1.807, 2.05) is 0 Å². The number of rotatable bonds is 2. The van der Waals surface area contributed by atoms with E-state index in [0.717, 1.165) is 5.69 Å². The first-order valence-corrected chi connectivity index (χ1v) is 5.34. The fraction of sp³-hybridized carbons (Fsp3) is 0.300. The Morgan fingerprint density at radius 1 is 1.56 bits per heavy atom. The fourth-order valence-electron chi connectivity index (χ4n) is 1.56. The van der Waals surface area contributed by atoms with Crippen molar-refractivity contribution in [3.05, 3.63) is 28.8 Å². The molecule has 5 nitrogen and oxygen atoms in total. The van der Waals surface area contributed by atoms with Crippen molar-refractivity contribution >= 4 is 28.8 Å². The van der Waals surface area contributed by atoms with E-state index < -0.39 is 0 Å². The molecule has 3 rings (SSSR count). The molecule has 80 valence electrons. The lowest BCUT2D eigenvalue weighted by Crippen LogP contribution is -2.04. The van der Waals surface area contributed by atoms with Gasteiger partial charge in [0.05, 0.1) is 6.20 Å². The first-order valence-electron chi connectivity index (χ1n) is 4.96. The van der Waals surface area contributed by atoms with Crippen LogP contribution >= 0.6 is 11.6 Å². The number of hydrogen-bond acceptors (Lipinski definition) is 3. The first kappa shape index (κ1) is 9.43. The topological polar surface area (TPSA) is 46.6 Å². The molecular formula is C10H8ClN5. The molecule has 2 aromatic rings. The van der Waals surface area contributed by atoms with Crippen molar-refractivity contribution < 1.29 is 0 Å². The molecular weight excluding hydrogens is 226 g/mol. The Hall–Kier alpha value is -1.80. The van der Waals surface area contributed by atoms with Crippen molar-refractivity contribution in [2.24, 2.45) is 0 Å². The molecule has 0 unspecified atom stereocenters. The van der Waals surface area contributed by atoms with Crippen LogP contribution in [-0.2, 0) is 0 Å². The molecule has 1 aliphatic carbocycles. The summed E-state index contributed by atoms with van der Waals surface area (Å²) in [5, 5.41) is 7.75. The number of halogens is 1. The highest BCUT2D eigenvalue weighted by Crippen LogP contribution is 2.29. The van der Waals surface area contributed by atoms with Gasteiger partial charge in [-0.15, -0.1) is 4.52 Å². The van der Waals surface area contributed by atoms with Crippen LogP contribution in [0.25, 0.3) is 10.5 Å². The van der Waals surface area contributed by atoms with Crippen molar-refractivity contribution in [3.63, 3.8) is 0 Å². The van der Waals surface area contributed by atoms with E-state index in [0.29, 0.717) is 22.7 Å². The third-order valence-corrected chi connectivity index (χ3v) is 2.66. The van der Waals surface area contributed by atoms with Crippen molar-refractivity contribution in [1.29, 1.82) is 0 Å². The van der Waals surface area contributed by atoms with Crippen LogP contribution in [0.3, 0.4) is 0 Å². The quantitative estimate of drug-likeness (QED) is 0.811. The average molecular weight is 234 g/mol. The number of nitrogens with zero attached hydrogens (tertiary/aromatic N) is 4. The van der Waals surface area contributed by atoms with Crippen LogP contribution in [-0.4, -0.2) is 20.6 Å². The number of nitrogens with one attached hydrogen (secondary N) is 1. The number of hydrogen-bond donors (Lipinski definition) is 1. The predicted octanol–water partition coefficient (Wildman–Crippen LogP) is 2.51. The van der Waals surface area contributed by atoms with E-state index in [4.69, 9.17) is 18.2 Å².